The van der Waals surface area contributed by atoms with Gasteiger partial charge in [-0.2, -0.15) is 0 Å². The Hall–Kier alpha value is -3.22. The number of aromatic hydroxyl groups is 1. The molecule has 2 aliphatic heterocycles. The Morgan fingerprint density at radius 2 is 1.67 bits per heavy atom. The van der Waals surface area contributed by atoms with Gasteiger partial charge in [0.15, 0.2) is 0 Å². The van der Waals surface area contributed by atoms with E-state index in [9.17, 15) is 24.3 Å². The molecule has 0 radical (unpaired) electrons. The smallest absolute Gasteiger partial charge is 0.231 e. The number of para-hydroxylation sites is 1. The fraction of sp³-hybridized carbons (Fsp3) is 0.391. The van der Waals surface area contributed by atoms with Crippen molar-refractivity contribution in [1.29, 1.82) is 0 Å². The van der Waals surface area contributed by atoms with Gasteiger partial charge in [-0.25, -0.2) is 0 Å². The lowest BCUT2D eigenvalue weighted by Gasteiger charge is -2.44. The molecule has 2 heterocycles. The molecular formula is C23H22N2O5. The molecule has 0 spiro atoms. The highest BCUT2D eigenvalue weighted by Crippen LogP contribution is 2.57. The predicted molar refractivity (Wildman–Crippen MR) is 106 cm³/mol. The van der Waals surface area contributed by atoms with Crippen molar-refractivity contribution in [2.45, 2.75) is 25.2 Å². The van der Waals surface area contributed by atoms with Gasteiger partial charge in [-0.3, -0.25) is 29.8 Å². The second-order valence-electron chi connectivity index (χ2n) is 8.58. The maximum atomic E-state index is 12.8. The van der Waals surface area contributed by atoms with Gasteiger partial charge in [0.1, 0.15) is 5.75 Å². The third-order valence-electron chi connectivity index (χ3n) is 7.18. The molecule has 4 aliphatic rings. The number of nitrogens with one attached hydrogen (secondary N) is 2. The van der Waals surface area contributed by atoms with E-state index in [0.717, 1.165) is 5.57 Å². The maximum absolute atomic E-state index is 12.8. The normalized spacial score (nSPS) is 34.5. The summed E-state index contributed by atoms with van der Waals surface area (Å²) >= 11 is 0. The Balaban J connectivity index is 1.67. The van der Waals surface area contributed by atoms with Crippen LogP contribution in [0.1, 0.15) is 29.9 Å². The lowest BCUT2D eigenvalue weighted by molar-refractivity contribution is -0.128. The summed E-state index contributed by atoms with van der Waals surface area (Å²) in [7, 11) is 0. The lowest BCUT2D eigenvalue weighted by Crippen LogP contribution is -2.42. The van der Waals surface area contributed by atoms with Crippen molar-refractivity contribution in [3.05, 3.63) is 53.6 Å². The number of rotatable bonds is 3. The number of benzene rings is 1. The Morgan fingerprint density at radius 1 is 0.967 bits per heavy atom. The van der Waals surface area contributed by atoms with Crippen molar-refractivity contribution in [3.8, 4) is 5.75 Å². The van der Waals surface area contributed by atoms with Crippen LogP contribution in [-0.2, 0) is 25.6 Å². The predicted octanol–water partition coefficient (Wildman–Crippen LogP) is 1.33. The van der Waals surface area contributed by atoms with Crippen molar-refractivity contribution >= 4 is 23.6 Å². The maximum Gasteiger partial charge on any atom is 0.231 e. The van der Waals surface area contributed by atoms with Crippen LogP contribution in [0, 0.1) is 29.6 Å². The first-order valence-corrected chi connectivity index (χ1v) is 10.2. The highest BCUT2D eigenvalue weighted by Gasteiger charge is 2.59. The number of allylic oxidation sites excluding steroid dienone is 3. The van der Waals surface area contributed by atoms with Gasteiger partial charge in [-0.05, 0) is 30.7 Å². The number of hydrogen-bond acceptors (Lipinski definition) is 5. The van der Waals surface area contributed by atoms with Gasteiger partial charge in [-0.15, -0.1) is 6.58 Å². The first kappa shape index (κ1) is 18.8. The van der Waals surface area contributed by atoms with E-state index in [0.29, 0.717) is 30.4 Å². The van der Waals surface area contributed by atoms with E-state index in [1.54, 1.807) is 18.2 Å². The molecule has 5 rings (SSSR count). The second-order valence-corrected chi connectivity index (χ2v) is 8.58. The number of carbonyl (C=O) groups excluding carboxylic acids is 4. The van der Waals surface area contributed by atoms with Gasteiger partial charge >= 0.3 is 0 Å². The van der Waals surface area contributed by atoms with Crippen LogP contribution in [-0.4, -0.2) is 28.7 Å². The summed E-state index contributed by atoms with van der Waals surface area (Å²) in [5, 5.41) is 15.9. The Morgan fingerprint density at radius 3 is 2.40 bits per heavy atom. The van der Waals surface area contributed by atoms with Crippen LogP contribution in [0.4, 0.5) is 0 Å². The molecule has 1 aromatic rings. The molecular weight excluding hydrogens is 384 g/mol. The molecule has 0 bridgehead atoms. The average molecular weight is 406 g/mol. The molecule has 6 unspecified atom stereocenters. The molecule has 7 heteroatoms. The van der Waals surface area contributed by atoms with E-state index < -0.39 is 29.6 Å². The first-order chi connectivity index (χ1) is 14.4. The van der Waals surface area contributed by atoms with Crippen molar-refractivity contribution in [1.82, 2.24) is 10.6 Å². The highest BCUT2D eigenvalue weighted by atomic mass is 16.3. The van der Waals surface area contributed by atoms with Crippen LogP contribution in [0.2, 0.25) is 0 Å². The van der Waals surface area contributed by atoms with Crippen LogP contribution >= 0.6 is 0 Å². The average Bonchev–Trinajstić information content (AvgIpc) is 3.17. The van der Waals surface area contributed by atoms with Gasteiger partial charge in [-0.1, -0.05) is 35.9 Å². The van der Waals surface area contributed by atoms with E-state index in [-0.39, 0.29) is 35.3 Å². The largest absolute Gasteiger partial charge is 0.507 e. The molecule has 6 atom stereocenters. The van der Waals surface area contributed by atoms with Crippen molar-refractivity contribution in [3.63, 3.8) is 0 Å². The third kappa shape index (κ3) is 2.51. The number of carbonyl (C=O) groups is 4. The quantitative estimate of drug-likeness (QED) is 0.518. The van der Waals surface area contributed by atoms with Crippen LogP contribution in [0.25, 0.3) is 0 Å². The molecule has 3 N–H and O–H groups in total. The summed E-state index contributed by atoms with van der Waals surface area (Å²) in [6.07, 6.45) is 4.86. The monoisotopic (exact) mass is 406 g/mol. The lowest BCUT2D eigenvalue weighted by atomic mass is 9.57. The van der Waals surface area contributed by atoms with Gasteiger partial charge in [0.05, 0.1) is 23.7 Å². The van der Waals surface area contributed by atoms with Crippen molar-refractivity contribution < 1.29 is 24.3 Å². The Kier molecular flexibility index (Phi) is 4.17. The molecule has 1 aromatic carbocycles. The molecule has 2 saturated heterocycles. The highest BCUT2D eigenvalue weighted by molar-refractivity contribution is 6.07. The minimum Gasteiger partial charge on any atom is -0.507 e. The number of imide groups is 2. The number of amides is 4. The summed E-state index contributed by atoms with van der Waals surface area (Å²) in [5.41, 5.74) is 2.14. The summed E-state index contributed by atoms with van der Waals surface area (Å²) in [6, 6.07) is 5.39. The Bertz CT molecular complexity index is 1040. The molecule has 7 nitrogen and oxygen atoms in total. The summed E-state index contributed by atoms with van der Waals surface area (Å²) in [6.45, 7) is 3.72. The molecule has 30 heavy (non-hydrogen) atoms. The SMILES string of the molecule is C=CCc1cccc(C2C3=CCC4C(=O)NC(=O)C4C3CC3C(=O)NC(=O)C32)c1O. The zero-order valence-corrected chi connectivity index (χ0v) is 16.3. The van der Waals surface area contributed by atoms with E-state index in [4.69, 9.17) is 0 Å². The third-order valence-corrected chi connectivity index (χ3v) is 7.18. The zero-order chi connectivity index (χ0) is 21.2. The van der Waals surface area contributed by atoms with Gasteiger partial charge in [0.25, 0.3) is 0 Å². The van der Waals surface area contributed by atoms with Crippen LogP contribution in [0.5, 0.6) is 5.75 Å². The molecule has 154 valence electrons. The van der Waals surface area contributed by atoms with Crippen LogP contribution < -0.4 is 10.6 Å². The van der Waals surface area contributed by atoms with E-state index in [1.165, 1.54) is 0 Å². The molecule has 3 fully saturated rings. The van der Waals surface area contributed by atoms with Gasteiger partial charge in [0, 0.05) is 11.5 Å². The minimum atomic E-state index is -0.637. The fourth-order valence-electron chi connectivity index (χ4n) is 5.94. The summed E-state index contributed by atoms with van der Waals surface area (Å²) in [4.78, 5) is 50.1. The van der Waals surface area contributed by atoms with Gasteiger partial charge < -0.3 is 5.11 Å². The summed E-state index contributed by atoms with van der Waals surface area (Å²) in [5.74, 6) is -4.24. The number of phenolic OH excluding ortho intramolecular Hbond substituents is 1. The van der Waals surface area contributed by atoms with E-state index >= 15 is 0 Å². The Labute approximate surface area is 173 Å². The zero-order valence-electron chi connectivity index (χ0n) is 16.3. The second kappa shape index (κ2) is 6.65. The van der Waals surface area contributed by atoms with Crippen LogP contribution in [0.3, 0.4) is 0 Å². The number of phenols is 1. The molecule has 0 aromatic heterocycles. The minimum absolute atomic E-state index is 0.0870. The topological polar surface area (TPSA) is 113 Å². The molecule has 4 amide bonds. The number of hydrogen-bond donors (Lipinski definition) is 3. The first-order valence-electron chi connectivity index (χ1n) is 10.2. The van der Waals surface area contributed by atoms with Crippen LogP contribution in [0.15, 0.2) is 42.5 Å². The van der Waals surface area contributed by atoms with Crippen molar-refractivity contribution in [2.75, 3.05) is 0 Å². The standard InChI is InChI=1S/C23H22N2O5/c1-2-4-10-5-3-6-12(19(10)26)16-11-7-8-13-17(22(29)24-20(13)27)14(11)9-15-18(16)23(30)25-21(15)28/h2-3,5-7,13-18,26H,1,4,8-9H2,(H,24,27,29)(H,25,28,30). The van der Waals surface area contributed by atoms with E-state index in [2.05, 4.69) is 17.2 Å². The number of fused-ring (bicyclic) bond motifs is 4. The van der Waals surface area contributed by atoms with Crippen molar-refractivity contribution in [2.24, 2.45) is 29.6 Å². The fourth-order valence-corrected chi connectivity index (χ4v) is 5.94. The molecule has 1 saturated carbocycles. The van der Waals surface area contributed by atoms with E-state index in [1.807, 2.05) is 12.1 Å². The van der Waals surface area contributed by atoms with Gasteiger partial charge in [0.2, 0.25) is 23.6 Å². The molecule has 2 aliphatic carbocycles. The summed E-state index contributed by atoms with van der Waals surface area (Å²) < 4.78 is 0.